The molecule has 0 atom stereocenters. The third kappa shape index (κ3) is 4.93. The predicted octanol–water partition coefficient (Wildman–Crippen LogP) is 5.57. The minimum Gasteiger partial charge on any atom is -0.506 e. The van der Waals surface area contributed by atoms with Gasteiger partial charge in [-0.25, -0.2) is 4.98 Å². The molecular weight excluding hydrogens is 376 g/mol. The summed E-state index contributed by atoms with van der Waals surface area (Å²) in [5.41, 5.74) is 2.23. The van der Waals surface area contributed by atoms with E-state index in [1.54, 1.807) is 30.5 Å². The van der Waals surface area contributed by atoms with Gasteiger partial charge < -0.3 is 14.8 Å². The van der Waals surface area contributed by atoms with Crippen LogP contribution < -0.4 is 5.32 Å². The highest BCUT2D eigenvalue weighted by atomic mass is 35.5. The number of hydrogen-bond acceptors (Lipinski definition) is 4. The van der Waals surface area contributed by atoms with E-state index in [2.05, 4.69) is 31.1 Å². The number of anilines is 1. The van der Waals surface area contributed by atoms with Crippen LogP contribution in [0.4, 0.5) is 5.69 Å². The van der Waals surface area contributed by atoms with Crippen LogP contribution >= 0.6 is 11.6 Å². The van der Waals surface area contributed by atoms with Crippen molar-refractivity contribution < 1.29 is 14.3 Å². The first-order chi connectivity index (χ1) is 13.2. The molecule has 0 unspecified atom stereocenters. The van der Waals surface area contributed by atoms with Crippen LogP contribution in [0.15, 0.2) is 53.1 Å². The van der Waals surface area contributed by atoms with Crippen molar-refractivity contribution in [1.82, 2.24) is 4.98 Å². The number of benzene rings is 2. The molecule has 0 aliphatic heterocycles. The number of phenolic OH excluding ortho intramolecular Hbond substituents is 1. The van der Waals surface area contributed by atoms with Crippen LogP contribution in [0.3, 0.4) is 0 Å². The second-order valence-corrected chi connectivity index (χ2v) is 8.09. The van der Waals surface area contributed by atoms with Crippen LogP contribution in [0.5, 0.6) is 5.75 Å². The zero-order valence-electron chi connectivity index (χ0n) is 16.1. The summed E-state index contributed by atoms with van der Waals surface area (Å²) in [4.78, 5) is 16.5. The summed E-state index contributed by atoms with van der Waals surface area (Å²) in [6, 6.07) is 12.5. The smallest absolute Gasteiger partial charge is 0.224 e. The van der Waals surface area contributed by atoms with Gasteiger partial charge >= 0.3 is 0 Å². The first-order valence-electron chi connectivity index (χ1n) is 9.06. The van der Waals surface area contributed by atoms with Crippen molar-refractivity contribution in [2.45, 2.75) is 39.0 Å². The van der Waals surface area contributed by atoms with Crippen LogP contribution in [0.2, 0.25) is 5.02 Å². The molecule has 0 saturated heterocycles. The van der Waals surface area contributed by atoms with E-state index in [-0.39, 0.29) is 23.5 Å². The molecular formula is C22H23ClN2O3. The Kier molecular flexibility index (Phi) is 5.75. The van der Waals surface area contributed by atoms with E-state index < -0.39 is 0 Å². The fourth-order valence-corrected chi connectivity index (χ4v) is 2.84. The molecule has 0 spiro atoms. The molecule has 1 aromatic heterocycles. The summed E-state index contributed by atoms with van der Waals surface area (Å²) in [6.45, 7) is 6.23. The molecule has 0 aliphatic rings. The van der Waals surface area contributed by atoms with Gasteiger partial charge in [-0.3, -0.25) is 4.79 Å². The summed E-state index contributed by atoms with van der Waals surface area (Å²) in [5, 5.41) is 13.4. The fraction of sp³-hybridized carbons (Fsp3) is 0.273. The van der Waals surface area contributed by atoms with E-state index in [0.717, 1.165) is 11.1 Å². The van der Waals surface area contributed by atoms with Gasteiger partial charge in [-0.1, -0.05) is 38.4 Å². The van der Waals surface area contributed by atoms with Gasteiger partial charge in [0.15, 0.2) is 11.7 Å². The van der Waals surface area contributed by atoms with Crippen molar-refractivity contribution in [2.24, 2.45) is 0 Å². The number of amides is 1. The molecule has 0 radical (unpaired) electrons. The number of carbonyl (C=O) groups is 1. The fourth-order valence-electron chi connectivity index (χ4n) is 2.71. The summed E-state index contributed by atoms with van der Waals surface area (Å²) in [7, 11) is 0. The summed E-state index contributed by atoms with van der Waals surface area (Å²) in [5.74, 6) is 0.936. The van der Waals surface area contributed by atoms with Gasteiger partial charge in [-0.05, 0) is 47.4 Å². The normalized spacial score (nSPS) is 11.4. The molecule has 6 heteroatoms. The SMILES string of the molecule is CC(C)(C)c1ccc(O)c(NC(=O)CCc2ncc(-c3ccc(Cl)cc3)o2)c1. The predicted molar refractivity (Wildman–Crippen MR) is 111 cm³/mol. The molecule has 28 heavy (non-hydrogen) atoms. The zero-order valence-corrected chi connectivity index (χ0v) is 16.9. The second kappa shape index (κ2) is 8.07. The van der Waals surface area contributed by atoms with Crippen molar-refractivity contribution in [3.05, 3.63) is 65.1 Å². The molecule has 0 bridgehead atoms. The Balaban J connectivity index is 1.61. The standard InChI is InChI=1S/C22H23ClN2O3/c1-22(2,3)15-6-9-18(26)17(12-15)25-20(27)10-11-21-24-13-19(28-21)14-4-7-16(23)8-5-14/h4-9,12-13,26H,10-11H2,1-3H3,(H,25,27). The zero-order chi connectivity index (χ0) is 20.3. The highest BCUT2D eigenvalue weighted by Crippen LogP contribution is 2.31. The molecule has 1 amide bonds. The van der Waals surface area contributed by atoms with Crippen molar-refractivity contribution in [2.75, 3.05) is 5.32 Å². The van der Waals surface area contributed by atoms with Crippen molar-refractivity contribution in [1.29, 1.82) is 0 Å². The number of oxazole rings is 1. The third-order valence-electron chi connectivity index (χ3n) is 4.38. The Morgan fingerprint density at radius 3 is 2.57 bits per heavy atom. The van der Waals surface area contributed by atoms with Gasteiger partial charge in [0.2, 0.25) is 5.91 Å². The van der Waals surface area contributed by atoms with Gasteiger partial charge in [0.1, 0.15) is 5.75 Å². The van der Waals surface area contributed by atoms with Crippen LogP contribution in [0.25, 0.3) is 11.3 Å². The van der Waals surface area contributed by atoms with E-state index in [1.807, 2.05) is 18.2 Å². The maximum Gasteiger partial charge on any atom is 0.224 e. The quantitative estimate of drug-likeness (QED) is 0.551. The van der Waals surface area contributed by atoms with Crippen LogP contribution in [0, 0.1) is 0 Å². The van der Waals surface area contributed by atoms with E-state index in [0.29, 0.717) is 28.8 Å². The van der Waals surface area contributed by atoms with Crippen molar-refractivity contribution in [3.8, 4) is 17.1 Å². The molecule has 2 aromatic carbocycles. The van der Waals surface area contributed by atoms with E-state index in [9.17, 15) is 9.90 Å². The molecule has 1 heterocycles. The minimum absolute atomic E-state index is 0.0440. The molecule has 2 N–H and O–H groups in total. The lowest BCUT2D eigenvalue weighted by Gasteiger charge is -2.20. The summed E-state index contributed by atoms with van der Waals surface area (Å²) < 4.78 is 5.71. The average molecular weight is 399 g/mol. The van der Waals surface area contributed by atoms with Gasteiger partial charge in [-0.15, -0.1) is 0 Å². The molecule has 0 saturated carbocycles. The minimum atomic E-state index is -0.215. The van der Waals surface area contributed by atoms with Crippen molar-refractivity contribution >= 4 is 23.2 Å². The van der Waals surface area contributed by atoms with Gasteiger partial charge in [0.25, 0.3) is 0 Å². The highest BCUT2D eigenvalue weighted by Gasteiger charge is 2.17. The van der Waals surface area contributed by atoms with E-state index >= 15 is 0 Å². The Morgan fingerprint density at radius 2 is 1.89 bits per heavy atom. The number of aromatic nitrogens is 1. The summed E-state index contributed by atoms with van der Waals surface area (Å²) in [6.07, 6.45) is 2.19. The lowest BCUT2D eigenvalue weighted by atomic mass is 9.87. The van der Waals surface area contributed by atoms with E-state index in [1.165, 1.54) is 0 Å². The lowest BCUT2D eigenvalue weighted by molar-refractivity contribution is -0.116. The molecule has 3 aromatic rings. The van der Waals surface area contributed by atoms with Crippen molar-refractivity contribution in [3.63, 3.8) is 0 Å². The first-order valence-corrected chi connectivity index (χ1v) is 9.44. The number of nitrogens with zero attached hydrogens (tertiary/aromatic N) is 1. The molecule has 0 fully saturated rings. The number of aryl methyl sites for hydroxylation is 1. The number of carbonyl (C=O) groups excluding carboxylic acids is 1. The van der Waals surface area contributed by atoms with Crippen LogP contribution in [-0.4, -0.2) is 16.0 Å². The van der Waals surface area contributed by atoms with Gasteiger partial charge in [0.05, 0.1) is 11.9 Å². The topological polar surface area (TPSA) is 75.4 Å². The number of aromatic hydroxyl groups is 1. The first kappa shape index (κ1) is 20.0. The van der Waals surface area contributed by atoms with Gasteiger partial charge in [0, 0.05) is 23.4 Å². The average Bonchev–Trinajstić information content (AvgIpc) is 3.10. The number of nitrogens with one attached hydrogen (secondary N) is 1. The number of hydrogen-bond donors (Lipinski definition) is 2. The second-order valence-electron chi connectivity index (χ2n) is 7.66. The largest absolute Gasteiger partial charge is 0.506 e. The lowest BCUT2D eigenvalue weighted by Crippen LogP contribution is -2.15. The Morgan fingerprint density at radius 1 is 1.18 bits per heavy atom. The van der Waals surface area contributed by atoms with Crippen LogP contribution in [-0.2, 0) is 16.6 Å². The van der Waals surface area contributed by atoms with Crippen LogP contribution in [0.1, 0.15) is 38.6 Å². The third-order valence-corrected chi connectivity index (χ3v) is 4.64. The Labute approximate surface area is 169 Å². The molecule has 5 nitrogen and oxygen atoms in total. The maximum atomic E-state index is 12.3. The van der Waals surface area contributed by atoms with E-state index in [4.69, 9.17) is 16.0 Å². The molecule has 146 valence electrons. The molecule has 0 aliphatic carbocycles. The Hall–Kier alpha value is -2.79. The maximum absolute atomic E-state index is 12.3. The Bertz CT molecular complexity index is 972. The number of rotatable bonds is 5. The molecule has 3 rings (SSSR count). The number of phenols is 1. The summed E-state index contributed by atoms with van der Waals surface area (Å²) >= 11 is 5.89. The highest BCUT2D eigenvalue weighted by molar-refractivity contribution is 6.30. The number of halogens is 1. The monoisotopic (exact) mass is 398 g/mol. The van der Waals surface area contributed by atoms with Gasteiger partial charge in [-0.2, -0.15) is 0 Å².